The normalized spacial score (nSPS) is 10.4. The summed E-state index contributed by atoms with van der Waals surface area (Å²) in [4.78, 5) is 4.31. The van der Waals surface area contributed by atoms with Gasteiger partial charge in [0.1, 0.15) is 5.82 Å². The number of benzene rings is 1. The molecule has 0 radical (unpaired) electrons. The van der Waals surface area contributed by atoms with E-state index in [1.165, 1.54) is 5.56 Å². The zero-order chi connectivity index (χ0) is 13.0. The summed E-state index contributed by atoms with van der Waals surface area (Å²) in [6, 6.07) is 5.97. The molecule has 2 aromatic rings. The molecule has 0 atom stereocenters. The van der Waals surface area contributed by atoms with Gasteiger partial charge in [0, 0.05) is 25.4 Å². The van der Waals surface area contributed by atoms with Gasteiger partial charge in [-0.25, -0.2) is 4.98 Å². The van der Waals surface area contributed by atoms with Crippen LogP contribution in [0.1, 0.15) is 18.3 Å². The van der Waals surface area contributed by atoms with Crippen molar-refractivity contribution in [2.45, 2.75) is 19.9 Å². The van der Waals surface area contributed by atoms with Gasteiger partial charge < -0.3 is 14.0 Å². The molecule has 0 spiro atoms. The van der Waals surface area contributed by atoms with Crippen LogP contribution in [0.25, 0.3) is 0 Å². The van der Waals surface area contributed by atoms with E-state index in [0.29, 0.717) is 0 Å². The topological polar surface area (TPSA) is 36.3 Å². The van der Waals surface area contributed by atoms with Gasteiger partial charge in [-0.1, -0.05) is 13.0 Å². The molecule has 96 valence electrons. The summed E-state index contributed by atoms with van der Waals surface area (Å²) in [5, 5.41) is 0. The van der Waals surface area contributed by atoms with Crippen molar-refractivity contribution in [3.8, 4) is 11.5 Å². The van der Waals surface area contributed by atoms with E-state index < -0.39 is 0 Å². The van der Waals surface area contributed by atoms with Gasteiger partial charge in [-0.05, 0) is 17.7 Å². The molecule has 4 heteroatoms. The fraction of sp³-hybridized carbons (Fsp3) is 0.357. The quantitative estimate of drug-likeness (QED) is 0.813. The van der Waals surface area contributed by atoms with Gasteiger partial charge in [0.05, 0.1) is 14.2 Å². The fourth-order valence-electron chi connectivity index (χ4n) is 1.97. The van der Waals surface area contributed by atoms with E-state index >= 15 is 0 Å². The van der Waals surface area contributed by atoms with Gasteiger partial charge in [0.2, 0.25) is 0 Å². The number of rotatable bonds is 5. The van der Waals surface area contributed by atoms with Crippen LogP contribution in [0, 0.1) is 0 Å². The van der Waals surface area contributed by atoms with Crippen molar-refractivity contribution in [1.82, 2.24) is 9.55 Å². The number of ether oxygens (including phenoxy) is 2. The average Bonchev–Trinajstić information content (AvgIpc) is 2.85. The molecule has 0 aliphatic heterocycles. The number of aryl methyl sites for hydroxylation is 1. The Labute approximate surface area is 107 Å². The van der Waals surface area contributed by atoms with Crippen molar-refractivity contribution in [2.24, 2.45) is 0 Å². The first-order valence-corrected chi connectivity index (χ1v) is 5.99. The van der Waals surface area contributed by atoms with Crippen molar-refractivity contribution in [1.29, 1.82) is 0 Å². The predicted octanol–water partition coefficient (Wildman–Crippen LogP) is 2.51. The lowest BCUT2D eigenvalue weighted by atomic mass is 10.2. The highest BCUT2D eigenvalue weighted by Gasteiger charge is 2.06. The van der Waals surface area contributed by atoms with Crippen LogP contribution in [0.5, 0.6) is 11.5 Å². The van der Waals surface area contributed by atoms with E-state index in [0.717, 1.165) is 30.3 Å². The maximum atomic E-state index is 5.30. The van der Waals surface area contributed by atoms with Gasteiger partial charge in [-0.2, -0.15) is 0 Å². The lowest BCUT2D eigenvalue weighted by Gasteiger charge is -2.11. The Morgan fingerprint density at radius 1 is 1.17 bits per heavy atom. The third kappa shape index (κ3) is 2.47. The molecule has 2 rings (SSSR count). The summed E-state index contributed by atoms with van der Waals surface area (Å²) in [6.07, 6.45) is 4.76. The highest BCUT2D eigenvalue weighted by Crippen LogP contribution is 2.27. The summed E-state index contributed by atoms with van der Waals surface area (Å²) in [5.41, 5.74) is 1.17. The van der Waals surface area contributed by atoms with E-state index in [1.54, 1.807) is 14.2 Å². The Hall–Kier alpha value is -1.97. The molecule has 4 nitrogen and oxygen atoms in total. The third-order valence-electron chi connectivity index (χ3n) is 2.92. The lowest BCUT2D eigenvalue weighted by Crippen LogP contribution is -2.03. The van der Waals surface area contributed by atoms with Crippen LogP contribution in [0.2, 0.25) is 0 Å². The number of aromatic nitrogens is 2. The first-order chi connectivity index (χ1) is 8.78. The summed E-state index contributed by atoms with van der Waals surface area (Å²) < 4.78 is 12.7. The average molecular weight is 246 g/mol. The van der Waals surface area contributed by atoms with Crippen molar-refractivity contribution >= 4 is 0 Å². The molecule has 0 bridgehead atoms. The van der Waals surface area contributed by atoms with Gasteiger partial charge >= 0.3 is 0 Å². The molecule has 0 unspecified atom stereocenters. The summed E-state index contributed by atoms with van der Waals surface area (Å²) in [6.45, 7) is 2.90. The Balaban J connectivity index is 2.24. The van der Waals surface area contributed by atoms with Crippen LogP contribution in [0.4, 0.5) is 0 Å². The van der Waals surface area contributed by atoms with Crippen molar-refractivity contribution in [3.05, 3.63) is 42.0 Å². The molecular formula is C14H18N2O2. The largest absolute Gasteiger partial charge is 0.493 e. The summed E-state index contributed by atoms with van der Waals surface area (Å²) in [7, 11) is 3.29. The van der Waals surface area contributed by atoms with Crippen molar-refractivity contribution in [3.63, 3.8) is 0 Å². The third-order valence-corrected chi connectivity index (χ3v) is 2.92. The number of nitrogens with zero attached hydrogens (tertiary/aromatic N) is 2. The molecule has 0 N–H and O–H groups in total. The highest BCUT2D eigenvalue weighted by atomic mass is 16.5. The monoisotopic (exact) mass is 246 g/mol. The van der Waals surface area contributed by atoms with E-state index in [9.17, 15) is 0 Å². The minimum Gasteiger partial charge on any atom is -0.493 e. The van der Waals surface area contributed by atoms with E-state index in [4.69, 9.17) is 9.47 Å². The van der Waals surface area contributed by atoms with Crippen molar-refractivity contribution < 1.29 is 9.47 Å². The number of hydrogen-bond acceptors (Lipinski definition) is 3. The van der Waals surface area contributed by atoms with Gasteiger partial charge in [-0.3, -0.25) is 0 Å². The van der Waals surface area contributed by atoms with Gasteiger partial charge in [0.25, 0.3) is 0 Å². The first-order valence-electron chi connectivity index (χ1n) is 5.99. The first kappa shape index (κ1) is 12.5. The fourth-order valence-corrected chi connectivity index (χ4v) is 1.97. The zero-order valence-corrected chi connectivity index (χ0v) is 11.0. The van der Waals surface area contributed by atoms with E-state index in [1.807, 2.05) is 30.6 Å². The molecular weight excluding hydrogens is 228 g/mol. The Bertz CT molecular complexity index is 520. The standard InChI is InChI=1S/C14H18N2O2/c1-4-14-15-7-8-16(14)10-11-5-6-12(17-2)13(9-11)18-3/h5-9H,4,10H2,1-3H3. The molecule has 0 fully saturated rings. The van der Waals surface area contributed by atoms with Gasteiger partial charge in [-0.15, -0.1) is 0 Å². The summed E-state index contributed by atoms with van der Waals surface area (Å²) in [5.74, 6) is 2.60. The molecule has 1 aromatic heterocycles. The Kier molecular flexibility index (Phi) is 3.87. The molecule has 0 amide bonds. The summed E-state index contributed by atoms with van der Waals surface area (Å²) >= 11 is 0. The predicted molar refractivity (Wildman–Crippen MR) is 70.3 cm³/mol. The SMILES string of the molecule is CCc1nccn1Cc1ccc(OC)c(OC)c1. The molecule has 1 aromatic carbocycles. The minimum absolute atomic E-state index is 0.752. The highest BCUT2D eigenvalue weighted by molar-refractivity contribution is 5.42. The minimum atomic E-state index is 0.752. The van der Waals surface area contributed by atoms with Crippen LogP contribution in [-0.4, -0.2) is 23.8 Å². The smallest absolute Gasteiger partial charge is 0.161 e. The molecule has 0 aliphatic rings. The van der Waals surface area contributed by atoms with Crippen LogP contribution in [-0.2, 0) is 13.0 Å². The Morgan fingerprint density at radius 3 is 2.61 bits per heavy atom. The Morgan fingerprint density at radius 2 is 1.94 bits per heavy atom. The number of methoxy groups -OCH3 is 2. The number of imidazole rings is 1. The van der Waals surface area contributed by atoms with Crippen LogP contribution in [0.3, 0.4) is 0 Å². The van der Waals surface area contributed by atoms with Crippen LogP contribution < -0.4 is 9.47 Å². The second-order valence-corrected chi connectivity index (χ2v) is 4.01. The molecule has 1 heterocycles. The van der Waals surface area contributed by atoms with E-state index in [-0.39, 0.29) is 0 Å². The zero-order valence-electron chi connectivity index (χ0n) is 11.0. The van der Waals surface area contributed by atoms with Crippen molar-refractivity contribution in [2.75, 3.05) is 14.2 Å². The van der Waals surface area contributed by atoms with Crippen LogP contribution in [0.15, 0.2) is 30.6 Å². The van der Waals surface area contributed by atoms with Gasteiger partial charge in [0.15, 0.2) is 11.5 Å². The van der Waals surface area contributed by atoms with Crippen LogP contribution >= 0.6 is 0 Å². The molecule has 0 saturated carbocycles. The second kappa shape index (κ2) is 5.58. The molecule has 0 aliphatic carbocycles. The number of hydrogen-bond donors (Lipinski definition) is 0. The molecule has 0 saturated heterocycles. The van der Waals surface area contributed by atoms with E-state index in [2.05, 4.69) is 16.5 Å². The maximum absolute atomic E-state index is 5.30. The lowest BCUT2D eigenvalue weighted by molar-refractivity contribution is 0.354. The molecule has 18 heavy (non-hydrogen) atoms. The maximum Gasteiger partial charge on any atom is 0.161 e. The second-order valence-electron chi connectivity index (χ2n) is 4.01.